The molecule has 19 heavy (non-hydrogen) atoms. The third-order valence-electron chi connectivity index (χ3n) is 2.94. The van der Waals surface area contributed by atoms with Gasteiger partial charge in [-0.05, 0) is 19.4 Å². The van der Waals surface area contributed by atoms with Crippen LogP contribution in [0.25, 0.3) is 0 Å². The number of carbonyl (C=O) groups excluding carboxylic acids is 1. The van der Waals surface area contributed by atoms with Crippen molar-refractivity contribution in [2.75, 3.05) is 13.6 Å². The normalized spacial score (nSPS) is 13.5. The van der Waals surface area contributed by atoms with E-state index in [-0.39, 0.29) is 16.8 Å². The van der Waals surface area contributed by atoms with Crippen LogP contribution < -0.4 is 5.32 Å². The lowest BCUT2D eigenvalue weighted by atomic mass is 10.2. The van der Waals surface area contributed by atoms with E-state index in [1.54, 1.807) is 6.92 Å². The Hall–Kier alpha value is -0.920. The van der Waals surface area contributed by atoms with Crippen LogP contribution in [-0.2, 0) is 10.0 Å². The Morgan fingerprint density at radius 2 is 2.11 bits per heavy atom. The summed E-state index contributed by atoms with van der Waals surface area (Å²) < 4.78 is 25.4. The molecule has 0 bridgehead atoms. The van der Waals surface area contributed by atoms with Gasteiger partial charge in [0.1, 0.15) is 0 Å². The van der Waals surface area contributed by atoms with E-state index in [0.717, 1.165) is 17.8 Å². The first kappa shape index (κ1) is 16.1. The molecule has 0 saturated carbocycles. The van der Waals surface area contributed by atoms with Gasteiger partial charge in [0.25, 0.3) is 5.91 Å². The Kier molecular flexibility index (Phi) is 5.51. The van der Waals surface area contributed by atoms with Crippen molar-refractivity contribution in [3.8, 4) is 0 Å². The smallest absolute Gasteiger partial charge is 0.261 e. The predicted molar refractivity (Wildman–Crippen MR) is 77.0 cm³/mol. The highest BCUT2D eigenvalue weighted by atomic mass is 32.2. The lowest BCUT2D eigenvalue weighted by Gasteiger charge is -2.13. The maximum atomic E-state index is 12.1. The van der Waals surface area contributed by atoms with E-state index >= 15 is 0 Å². The first-order valence-corrected chi connectivity index (χ1v) is 8.50. The maximum Gasteiger partial charge on any atom is 0.261 e. The number of nitrogens with zero attached hydrogens (tertiary/aromatic N) is 1. The van der Waals surface area contributed by atoms with Gasteiger partial charge in [0.05, 0.1) is 9.77 Å². The van der Waals surface area contributed by atoms with E-state index in [4.69, 9.17) is 0 Å². The molecular weight excluding hydrogens is 284 g/mol. The second-order valence-electron chi connectivity index (χ2n) is 4.35. The summed E-state index contributed by atoms with van der Waals surface area (Å²) >= 11 is 1.15. The van der Waals surface area contributed by atoms with E-state index in [9.17, 15) is 13.2 Å². The fourth-order valence-electron chi connectivity index (χ4n) is 1.32. The molecule has 0 fully saturated rings. The molecule has 108 valence electrons. The topological polar surface area (TPSA) is 66.5 Å². The molecule has 1 aromatic rings. The van der Waals surface area contributed by atoms with Gasteiger partial charge in [-0.2, -0.15) is 0 Å². The van der Waals surface area contributed by atoms with Crippen LogP contribution in [0.4, 0.5) is 0 Å². The summed E-state index contributed by atoms with van der Waals surface area (Å²) in [4.78, 5) is 12.5. The molecule has 1 amide bonds. The SMILES string of the molecule is CC[C@H](C)NC(=O)c1cc(S(=O)(=O)N(C)CC)cs1. The molecule has 0 unspecified atom stereocenters. The molecule has 0 saturated heterocycles. The quantitative estimate of drug-likeness (QED) is 0.873. The first-order chi connectivity index (χ1) is 8.82. The minimum atomic E-state index is -3.47. The van der Waals surface area contributed by atoms with Crippen molar-refractivity contribution >= 4 is 27.3 Å². The van der Waals surface area contributed by atoms with E-state index < -0.39 is 10.0 Å². The average Bonchev–Trinajstić information content (AvgIpc) is 2.87. The summed E-state index contributed by atoms with van der Waals surface area (Å²) in [6.45, 7) is 6.05. The van der Waals surface area contributed by atoms with Gasteiger partial charge in [0.15, 0.2) is 0 Å². The first-order valence-electron chi connectivity index (χ1n) is 6.18. The lowest BCUT2D eigenvalue weighted by Crippen LogP contribution is -2.31. The number of rotatable bonds is 6. The minimum Gasteiger partial charge on any atom is -0.349 e. The third-order valence-corrected chi connectivity index (χ3v) is 5.93. The van der Waals surface area contributed by atoms with Gasteiger partial charge < -0.3 is 5.32 Å². The van der Waals surface area contributed by atoms with E-state index in [1.165, 1.54) is 22.8 Å². The highest BCUT2D eigenvalue weighted by Gasteiger charge is 2.22. The van der Waals surface area contributed by atoms with Crippen LogP contribution in [0.15, 0.2) is 16.3 Å². The molecule has 1 heterocycles. The van der Waals surface area contributed by atoms with Crippen LogP contribution in [0.2, 0.25) is 0 Å². The Morgan fingerprint density at radius 3 is 2.63 bits per heavy atom. The van der Waals surface area contributed by atoms with E-state index in [1.807, 2.05) is 13.8 Å². The van der Waals surface area contributed by atoms with Crippen molar-refractivity contribution in [2.45, 2.75) is 38.1 Å². The summed E-state index contributed by atoms with van der Waals surface area (Å²) in [7, 11) is -1.95. The van der Waals surface area contributed by atoms with Crippen LogP contribution >= 0.6 is 11.3 Å². The second kappa shape index (κ2) is 6.49. The molecular formula is C12H20N2O3S2. The second-order valence-corrected chi connectivity index (χ2v) is 7.30. The fourth-order valence-corrected chi connectivity index (χ4v) is 3.66. The highest BCUT2D eigenvalue weighted by molar-refractivity contribution is 7.89. The number of amides is 1. The van der Waals surface area contributed by atoms with Crippen LogP contribution in [-0.4, -0.2) is 38.3 Å². The van der Waals surface area contributed by atoms with E-state index in [0.29, 0.717) is 11.4 Å². The lowest BCUT2D eigenvalue weighted by molar-refractivity contribution is 0.0943. The average molecular weight is 304 g/mol. The summed E-state index contributed by atoms with van der Waals surface area (Å²) in [5.74, 6) is -0.222. The van der Waals surface area contributed by atoms with Gasteiger partial charge in [-0.25, -0.2) is 12.7 Å². The summed E-state index contributed by atoms with van der Waals surface area (Å²) in [6.07, 6.45) is 0.834. The summed E-state index contributed by atoms with van der Waals surface area (Å²) in [6, 6.07) is 1.51. The summed E-state index contributed by atoms with van der Waals surface area (Å²) in [5.41, 5.74) is 0. The zero-order valence-electron chi connectivity index (χ0n) is 11.6. The standard InChI is InChI=1S/C12H20N2O3S2/c1-5-9(3)13-12(15)11-7-10(8-18-11)19(16,17)14(4)6-2/h7-9H,5-6H2,1-4H3,(H,13,15)/t9-/m0/s1. The molecule has 1 N–H and O–H groups in total. The molecule has 0 aliphatic rings. The van der Waals surface area contributed by atoms with Gasteiger partial charge in [0, 0.05) is 25.0 Å². The van der Waals surface area contributed by atoms with Gasteiger partial charge in [-0.3, -0.25) is 4.79 Å². The number of carbonyl (C=O) groups is 1. The predicted octanol–water partition coefficient (Wildman–Crippen LogP) is 1.92. The van der Waals surface area contributed by atoms with Crippen LogP contribution in [0.1, 0.15) is 36.9 Å². The number of nitrogens with one attached hydrogen (secondary N) is 1. The number of sulfonamides is 1. The van der Waals surface area contributed by atoms with Crippen molar-refractivity contribution < 1.29 is 13.2 Å². The molecule has 5 nitrogen and oxygen atoms in total. The van der Waals surface area contributed by atoms with Gasteiger partial charge >= 0.3 is 0 Å². The number of thiophene rings is 1. The van der Waals surface area contributed by atoms with E-state index in [2.05, 4.69) is 5.32 Å². The van der Waals surface area contributed by atoms with Crippen molar-refractivity contribution in [2.24, 2.45) is 0 Å². The third kappa shape index (κ3) is 3.77. The van der Waals surface area contributed by atoms with Gasteiger partial charge in [-0.1, -0.05) is 13.8 Å². The largest absolute Gasteiger partial charge is 0.349 e. The molecule has 0 aromatic carbocycles. The van der Waals surface area contributed by atoms with Crippen molar-refractivity contribution in [1.82, 2.24) is 9.62 Å². The van der Waals surface area contributed by atoms with Crippen LogP contribution in [0.5, 0.6) is 0 Å². The highest BCUT2D eigenvalue weighted by Crippen LogP contribution is 2.22. The molecule has 1 atom stereocenters. The summed E-state index contributed by atoms with van der Waals surface area (Å²) in [5, 5.41) is 4.32. The number of hydrogen-bond donors (Lipinski definition) is 1. The molecule has 1 aromatic heterocycles. The van der Waals surface area contributed by atoms with Crippen molar-refractivity contribution in [3.05, 3.63) is 16.3 Å². The molecule has 7 heteroatoms. The minimum absolute atomic E-state index is 0.0768. The van der Waals surface area contributed by atoms with Crippen LogP contribution in [0.3, 0.4) is 0 Å². The Bertz CT molecular complexity index is 537. The molecule has 0 aliphatic heterocycles. The van der Waals surface area contributed by atoms with Crippen molar-refractivity contribution in [3.63, 3.8) is 0 Å². The molecule has 0 aliphatic carbocycles. The molecule has 0 radical (unpaired) electrons. The Balaban J connectivity index is 2.92. The molecule has 0 spiro atoms. The van der Waals surface area contributed by atoms with Crippen molar-refractivity contribution in [1.29, 1.82) is 0 Å². The Morgan fingerprint density at radius 1 is 1.47 bits per heavy atom. The van der Waals surface area contributed by atoms with Gasteiger partial charge in [-0.15, -0.1) is 11.3 Å². The monoisotopic (exact) mass is 304 g/mol. The molecule has 1 rings (SSSR count). The zero-order chi connectivity index (χ0) is 14.6. The van der Waals surface area contributed by atoms with Crippen LogP contribution in [0, 0.1) is 0 Å². The zero-order valence-corrected chi connectivity index (χ0v) is 13.3. The van der Waals surface area contributed by atoms with Gasteiger partial charge in [0.2, 0.25) is 10.0 Å². The maximum absolute atomic E-state index is 12.1. The Labute approximate surface area is 118 Å². The fraction of sp³-hybridized carbons (Fsp3) is 0.583. The number of hydrogen-bond acceptors (Lipinski definition) is 4.